The Labute approximate surface area is 128 Å². The molecule has 1 aromatic heterocycles. The third-order valence-electron chi connectivity index (χ3n) is 3.99. The first-order chi connectivity index (χ1) is 9.68. The van der Waals surface area contributed by atoms with E-state index < -0.39 is 0 Å². The van der Waals surface area contributed by atoms with Crippen molar-refractivity contribution in [3.05, 3.63) is 23.4 Å². The molecule has 4 nitrogen and oxygen atoms in total. The number of rotatable bonds is 5. The van der Waals surface area contributed by atoms with Gasteiger partial charge >= 0.3 is 0 Å². The number of carbonyl (C=O) groups excluding carboxylic acids is 1. The normalized spacial score (nSPS) is 13.3. The molecule has 0 radical (unpaired) electrons. The summed E-state index contributed by atoms with van der Waals surface area (Å²) in [6.45, 7) is 12.5. The fourth-order valence-electron chi connectivity index (χ4n) is 2.47. The van der Waals surface area contributed by atoms with Gasteiger partial charge in [0.1, 0.15) is 5.82 Å². The molecule has 1 aromatic rings. The van der Waals surface area contributed by atoms with Crippen molar-refractivity contribution in [2.45, 2.75) is 65.8 Å². The Balaban J connectivity index is 2.95. The summed E-state index contributed by atoms with van der Waals surface area (Å²) >= 11 is 0. The number of nitrogen functional groups attached to an aromatic ring is 1. The van der Waals surface area contributed by atoms with E-state index in [0.29, 0.717) is 17.3 Å². The number of hydrogen-bond acceptors (Lipinski definition) is 3. The van der Waals surface area contributed by atoms with Crippen LogP contribution in [0.3, 0.4) is 0 Å². The summed E-state index contributed by atoms with van der Waals surface area (Å²) in [5, 5.41) is 3.08. The summed E-state index contributed by atoms with van der Waals surface area (Å²) in [7, 11) is 0. The lowest BCUT2D eigenvalue weighted by molar-refractivity contribution is 0.0925. The molecule has 1 atom stereocenters. The Kier molecular flexibility index (Phi) is 5.76. The molecule has 0 aliphatic rings. The van der Waals surface area contributed by atoms with Crippen molar-refractivity contribution < 1.29 is 4.79 Å². The molecule has 21 heavy (non-hydrogen) atoms. The summed E-state index contributed by atoms with van der Waals surface area (Å²) < 4.78 is 0. The molecule has 0 saturated heterocycles. The SMILES string of the molecule is CCC(CC)C(C)NC(=O)c1cc(N)nc(C(C)(C)C)c1. The van der Waals surface area contributed by atoms with Crippen molar-refractivity contribution in [3.8, 4) is 0 Å². The largest absolute Gasteiger partial charge is 0.384 e. The molecule has 118 valence electrons. The molecule has 1 amide bonds. The minimum Gasteiger partial charge on any atom is -0.384 e. The topological polar surface area (TPSA) is 68.0 Å². The molecule has 0 aromatic carbocycles. The van der Waals surface area contributed by atoms with Crippen molar-refractivity contribution in [2.24, 2.45) is 5.92 Å². The number of hydrogen-bond donors (Lipinski definition) is 2. The minimum absolute atomic E-state index is 0.0750. The Morgan fingerprint density at radius 2 is 1.86 bits per heavy atom. The highest BCUT2D eigenvalue weighted by molar-refractivity contribution is 5.95. The fraction of sp³-hybridized carbons (Fsp3) is 0.647. The van der Waals surface area contributed by atoms with Crippen LogP contribution >= 0.6 is 0 Å². The summed E-state index contributed by atoms with van der Waals surface area (Å²) in [4.78, 5) is 16.8. The Hall–Kier alpha value is -1.58. The van der Waals surface area contributed by atoms with E-state index >= 15 is 0 Å². The molecule has 3 N–H and O–H groups in total. The van der Waals surface area contributed by atoms with Gasteiger partial charge in [0.2, 0.25) is 0 Å². The highest BCUT2D eigenvalue weighted by Gasteiger charge is 2.21. The van der Waals surface area contributed by atoms with E-state index in [1.807, 2.05) is 6.07 Å². The number of pyridine rings is 1. The maximum atomic E-state index is 12.4. The van der Waals surface area contributed by atoms with Crippen LogP contribution in [0.4, 0.5) is 5.82 Å². The Morgan fingerprint density at radius 1 is 1.29 bits per heavy atom. The molecule has 0 aliphatic heterocycles. The van der Waals surface area contributed by atoms with E-state index in [-0.39, 0.29) is 17.4 Å². The van der Waals surface area contributed by atoms with Gasteiger partial charge in [-0.05, 0) is 25.0 Å². The van der Waals surface area contributed by atoms with Crippen LogP contribution in [0, 0.1) is 5.92 Å². The van der Waals surface area contributed by atoms with Gasteiger partial charge in [0.15, 0.2) is 0 Å². The average Bonchev–Trinajstić information content (AvgIpc) is 2.38. The maximum Gasteiger partial charge on any atom is 0.251 e. The number of carbonyl (C=O) groups is 1. The summed E-state index contributed by atoms with van der Waals surface area (Å²) in [5.74, 6) is 0.812. The monoisotopic (exact) mass is 291 g/mol. The first-order valence-electron chi connectivity index (χ1n) is 7.77. The zero-order valence-electron chi connectivity index (χ0n) is 14.2. The van der Waals surface area contributed by atoms with Gasteiger partial charge in [-0.25, -0.2) is 4.98 Å². The predicted octanol–water partition coefficient (Wildman–Crippen LogP) is 3.52. The zero-order chi connectivity index (χ0) is 16.2. The third-order valence-corrected chi connectivity index (χ3v) is 3.99. The molecular weight excluding hydrogens is 262 g/mol. The molecule has 0 saturated carbocycles. The van der Waals surface area contributed by atoms with Gasteiger partial charge in [0, 0.05) is 22.7 Å². The quantitative estimate of drug-likeness (QED) is 0.872. The number of nitrogens with two attached hydrogens (primary N) is 1. The van der Waals surface area contributed by atoms with Crippen molar-refractivity contribution in [2.75, 3.05) is 5.73 Å². The van der Waals surface area contributed by atoms with Gasteiger partial charge in [-0.1, -0.05) is 47.5 Å². The zero-order valence-corrected chi connectivity index (χ0v) is 14.2. The third kappa shape index (κ3) is 4.73. The van der Waals surface area contributed by atoms with E-state index in [1.54, 1.807) is 6.07 Å². The second kappa shape index (κ2) is 6.92. The van der Waals surface area contributed by atoms with Crippen LogP contribution in [-0.4, -0.2) is 16.9 Å². The molecule has 0 aliphatic carbocycles. The fourth-order valence-corrected chi connectivity index (χ4v) is 2.47. The molecule has 1 rings (SSSR count). The van der Waals surface area contributed by atoms with E-state index in [4.69, 9.17) is 5.73 Å². The number of anilines is 1. The van der Waals surface area contributed by atoms with Crippen molar-refractivity contribution >= 4 is 11.7 Å². The summed E-state index contributed by atoms with van der Waals surface area (Å²) in [5.41, 5.74) is 7.14. The van der Waals surface area contributed by atoms with Crippen LogP contribution in [0.1, 0.15) is 70.4 Å². The van der Waals surface area contributed by atoms with Crippen LogP contribution in [0.5, 0.6) is 0 Å². The average molecular weight is 291 g/mol. The highest BCUT2D eigenvalue weighted by atomic mass is 16.1. The molecule has 1 heterocycles. The molecular formula is C17H29N3O. The van der Waals surface area contributed by atoms with Crippen LogP contribution in [-0.2, 0) is 5.41 Å². The van der Waals surface area contributed by atoms with E-state index in [9.17, 15) is 4.79 Å². The van der Waals surface area contributed by atoms with Crippen LogP contribution in [0.2, 0.25) is 0 Å². The Morgan fingerprint density at radius 3 is 2.33 bits per heavy atom. The number of nitrogens with one attached hydrogen (secondary N) is 1. The summed E-state index contributed by atoms with van der Waals surface area (Å²) in [6, 6.07) is 3.63. The van der Waals surface area contributed by atoms with Crippen LogP contribution < -0.4 is 11.1 Å². The Bertz CT molecular complexity index is 487. The minimum atomic E-state index is -0.134. The highest BCUT2D eigenvalue weighted by Crippen LogP contribution is 2.22. The van der Waals surface area contributed by atoms with Crippen LogP contribution in [0.15, 0.2) is 12.1 Å². The van der Waals surface area contributed by atoms with E-state index in [1.165, 1.54) is 0 Å². The smallest absolute Gasteiger partial charge is 0.251 e. The van der Waals surface area contributed by atoms with Gasteiger partial charge in [0.05, 0.1) is 0 Å². The first kappa shape index (κ1) is 17.5. The molecule has 0 spiro atoms. The molecule has 4 heteroatoms. The lowest BCUT2D eigenvalue weighted by atomic mass is 9.90. The predicted molar refractivity (Wildman–Crippen MR) is 88.3 cm³/mol. The second-order valence-electron chi connectivity index (χ2n) is 6.75. The van der Waals surface area contributed by atoms with Crippen molar-refractivity contribution in [3.63, 3.8) is 0 Å². The van der Waals surface area contributed by atoms with E-state index in [2.05, 4.69) is 51.8 Å². The van der Waals surface area contributed by atoms with Crippen LogP contribution in [0.25, 0.3) is 0 Å². The summed E-state index contributed by atoms with van der Waals surface area (Å²) in [6.07, 6.45) is 2.12. The van der Waals surface area contributed by atoms with Crippen molar-refractivity contribution in [1.82, 2.24) is 10.3 Å². The lowest BCUT2D eigenvalue weighted by Crippen LogP contribution is -2.38. The lowest BCUT2D eigenvalue weighted by Gasteiger charge is -2.23. The van der Waals surface area contributed by atoms with E-state index in [0.717, 1.165) is 18.5 Å². The number of amides is 1. The molecule has 0 fully saturated rings. The van der Waals surface area contributed by atoms with Gasteiger partial charge < -0.3 is 11.1 Å². The molecule has 1 unspecified atom stereocenters. The maximum absolute atomic E-state index is 12.4. The number of aromatic nitrogens is 1. The first-order valence-corrected chi connectivity index (χ1v) is 7.77. The standard InChI is InChI=1S/C17H29N3O/c1-7-12(8-2)11(3)19-16(21)13-9-14(17(4,5)6)20-15(18)10-13/h9-12H,7-8H2,1-6H3,(H2,18,20)(H,19,21). The number of nitrogens with zero attached hydrogens (tertiary/aromatic N) is 1. The van der Waals surface area contributed by atoms with Gasteiger partial charge in [0.25, 0.3) is 5.91 Å². The second-order valence-corrected chi connectivity index (χ2v) is 6.75. The van der Waals surface area contributed by atoms with Crippen molar-refractivity contribution in [1.29, 1.82) is 0 Å². The van der Waals surface area contributed by atoms with Gasteiger partial charge in [-0.2, -0.15) is 0 Å². The van der Waals surface area contributed by atoms with Gasteiger partial charge in [-0.15, -0.1) is 0 Å². The molecule has 0 bridgehead atoms. The van der Waals surface area contributed by atoms with Gasteiger partial charge in [-0.3, -0.25) is 4.79 Å².